The van der Waals surface area contributed by atoms with E-state index in [1.807, 2.05) is 30.1 Å². The molecule has 0 radical (unpaired) electrons. The predicted octanol–water partition coefficient (Wildman–Crippen LogP) is 3.94. The molecule has 0 N–H and O–H groups in total. The number of halogens is 2. The topological polar surface area (TPSA) is 30.3 Å². The normalized spacial score (nSPS) is 18.8. The molecule has 1 aromatic heterocycles. The molecular formula is C19H19ClFN3O. The van der Waals surface area contributed by atoms with Crippen LogP contribution in [0.1, 0.15) is 17.2 Å². The maximum absolute atomic E-state index is 13.5. The Balaban J connectivity index is 1.52. The van der Waals surface area contributed by atoms with Crippen molar-refractivity contribution in [3.05, 3.63) is 64.7 Å². The molecule has 4 nitrogen and oxygen atoms in total. The fourth-order valence-corrected chi connectivity index (χ4v) is 3.60. The fourth-order valence-electron chi connectivity index (χ4n) is 3.35. The van der Waals surface area contributed by atoms with Crippen molar-refractivity contribution < 1.29 is 9.13 Å². The number of aromatic nitrogens is 2. The predicted molar refractivity (Wildman–Crippen MR) is 96.1 cm³/mol. The van der Waals surface area contributed by atoms with Crippen molar-refractivity contribution in [3.63, 3.8) is 0 Å². The van der Waals surface area contributed by atoms with Gasteiger partial charge in [-0.1, -0.05) is 17.7 Å². The molecule has 1 unspecified atom stereocenters. The number of rotatable bonds is 3. The average Bonchev–Trinajstić information content (AvgIpc) is 2.95. The molecule has 1 fully saturated rings. The van der Waals surface area contributed by atoms with Crippen molar-refractivity contribution in [1.82, 2.24) is 14.5 Å². The van der Waals surface area contributed by atoms with Crippen LogP contribution in [0.4, 0.5) is 4.39 Å². The highest BCUT2D eigenvalue weighted by Crippen LogP contribution is 2.26. The molecule has 0 spiro atoms. The van der Waals surface area contributed by atoms with Crippen LogP contribution in [0.15, 0.2) is 42.7 Å². The van der Waals surface area contributed by atoms with Crippen molar-refractivity contribution in [2.24, 2.45) is 7.05 Å². The van der Waals surface area contributed by atoms with Gasteiger partial charge in [-0.2, -0.15) is 0 Å². The largest absolute Gasteiger partial charge is 0.371 e. The molecule has 6 heteroatoms. The molecule has 25 heavy (non-hydrogen) atoms. The maximum Gasteiger partial charge on any atom is 0.125 e. The lowest BCUT2D eigenvalue weighted by Crippen LogP contribution is -2.37. The van der Waals surface area contributed by atoms with Gasteiger partial charge >= 0.3 is 0 Å². The van der Waals surface area contributed by atoms with E-state index in [0.717, 1.165) is 35.2 Å². The quantitative estimate of drug-likeness (QED) is 0.709. The Kier molecular flexibility index (Phi) is 4.46. The number of ether oxygens (including phenoxy) is 1. The van der Waals surface area contributed by atoms with Gasteiger partial charge in [-0.3, -0.25) is 4.90 Å². The van der Waals surface area contributed by atoms with Crippen LogP contribution in [0.3, 0.4) is 0 Å². The lowest BCUT2D eigenvalue weighted by Gasteiger charge is -2.33. The van der Waals surface area contributed by atoms with Crippen molar-refractivity contribution in [2.75, 3.05) is 19.7 Å². The minimum absolute atomic E-state index is 0.00270. The Bertz CT molecular complexity index is 891. The summed E-state index contributed by atoms with van der Waals surface area (Å²) in [7, 11) is 1.99. The molecule has 1 aliphatic rings. The summed E-state index contributed by atoms with van der Waals surface area (Å²) >= 11 is 5.96. The molecular weight excluding hydrogens is 341 g/mol. The third-order valence-electron chi connectivity index (χ3n) is 4.60. The SMILES string of the molecule is Cn1cnc2ccc(C3CN(Cc4cc(F)cc(Cl)c4)CCO3)cc21. The van der Waals surface area contributed by atoms with Crippen LogP contribution in [0.2, 0.25) is 5.02 Å². The highest BCUT2D eigenvalue weighted by atomic mass is 35.5. The van der Waals surface area contributed by atoms with Crippen molar-refractivity contribution in [1.29, 1.82) is 0 Å². The molecule has 1 aliphatic heterocycles. The monoisotopic (exact) mass is 359 g/mol. The summed E-state index contributed by atoms with van der Waals surface area (Å²) in [6.45, 7) is 2.89. The van der Waals surface area contributed by atoms with E-state index < -0.39 is 0 Å². The van der Waals surface area contributed by atoms with Gasteiger partial charge in [0.2, 0.25) is 0 Å². The van der Waals surface area contributed by atoms with E-state index in [4.69, 9.17) is 16.3 Å². The van der Waals surface area contributed by atoms with E-state index in [1.165, 1.54) is 12.1 Å². The number of benzene rings is 2. The van der Waals surface area contributed by atoms with Gasteiger partial charge in [0.05, 0.1) is 30.1 Å². The molecule has 0 bridgehead atoms. The highest BCUT2D eigenvalue weighted by molar-refractivity contribution is 6.30. The summed E-state index contributed by atoms with van der Waals surface area (Å²) in [5.74, 6) is -0.297. The minimum atomic E-state index is -0.297. The standard InChI is InChI=1S/C19H19ClFN3O/c1-23-12-22-17-3-2-14(8-18(17)23)19-11-24(4-5-25-19)10-13-6-15(20)9-16(21)7-13/h2-3,6-9,12,19H,4-5,10-11H2,1H3. The zero-order valence-corrected chi connectivity index (χ0v) is 14.7. The van der Waals surface area contributed by atoms with Crippen molar-refractivity contribution in [2.45, 2.75) is 12.6 Å². The second kappa shape index (κ2) is 6.75. The molecule has 4 rings (SSSR count). The lowest BCUT2D eigenvalue weighted by atomic mass is 10.1. The first-order chi connectivity index (χ1) is 12.1. The summed E-state index contributed by atoms with van der Waals surface area (Å²) in [6.07, 6.45) is 1.81. The van der Waals surface area contributed by atoms with E-state index in [1.54, 1.807) is 0 Å². The Morgan fingerprint density at radius 3 is 3.00 bits per heavy atom. The summed E-state index contributed by atoms with van der Waals surface area (Å²) in [5.41, 5.74) is 4.09. The van der Waals surface area contributed by atoms with E-state index in [-0.39, 0.29) is 11.9 Å². The van der Waals surface area contributed by atoms with Gasteiger partial charge in [-0.05, 0) is 41.5 Å². The number of morpholine rings is 1. The summed E-state index contributed by atoms with van der Waals surface area (Å²) in [4.78, 5) is 6.63. The van der Waals surface area contributed by atoms with Gasteiger partial charge < -0.3 is 9.30 Å². The molecule has 0 amide bonds. The van der Waals surface area contributed by atoms with Crippen LogP contribution in [-0.2, 0) is 18.3 Å². The maximum atomic E-state index is 13.5. The van der Waals surface area contributed by atoms with Crippen LogP contribution in [0.25, 0.3) is 11.0 Å². The average molecular weight is 360 g/mol. The molecule has 1 atom stereocenters. The first-order valence-electron chi connectivity index (χ1n) is 8.28. The summed E-state index contributed by atoms with van der Waals surface area (Å²) in [6, 6.07) is 10.9. The van der Waals surface area contributed by atoms with E-state index in [0.29, 0.717) is 18.2 Å². The third-order valence-corrected chi connectivity index (χ3v) is 4.82. The van der Waals surface area contributed by atoms with Crippen LogP contribution in [-0.4, -0.2) is 34.1 Å². The molecule has 2 heterocycles. The van der Waals surface area contributed by atoms with E-state index in [2.05, 4.69) is 22.0 Å². The van der Waals surface area contributed by atoms with Gasteiger partial charge in [0.1, 0.15) is 5.82 Å². The highest BCUT2D eigenvalue weighted by Gasteiger charge is 2.23. The second-order valence-corrected chi connectivity index (χ2v) is 6.91. The van der Waals surface area contributed by atoms with E-state index in [9.17, 15) is 4.39 Å². The smallest absolute Gasteiger partial charge is 0.125 e. The van der Waals surface area contributed by atoms with Crippen molar-refractivity contribution in [3.8, 4) is 0 Å². The van der Waals surface area contributed by atoms with Gasteiger partial charge in [0.15, 0.2) is 0 Å². The van der Waals surface area contributed by atoms with Gasteiger partial charge in [0.25, 0.3) is 0 Å². The number of aryl methyl sites for hydroxylation is 1. The number of hydrogen-bond acceptors (Lipinski definition) is 3. The molecule has 3 aromatic rings. The minimum Gasteiger partial charge on any atom is -0.371 e. The van der Waals surface area contributed by atoms with Gasteiger partial charge in [0, 0.05) is 31.7 Å². The number of nitrogens with zero attached hydrogens (tertiary/aromatic N) is 3. The first kappa shape index (κ1) is 16.5. The Labute approximate surface area is 150 Å². The summed E-state index contributed by atoms with van der Waals surface area (Å²) < 4.78 is 21.5. The lowest BCUT2D eigenvalue weighted by molar-refractivity contribution is -0.0328. The zero-order chi connectivity index (χ0) is 17.4. The molecule has 0 saturated carbocycles. The van der Waals surface area contributed by atoms with E-state index >= 15 is 0 Å². The second-order valence-electron chi connectivity index (χ2n) is 6.48. The van der Waals surface area contributed by atoms with Gasteiger partial charge in [-0.15, -0.1) is 0 Å². The van der Waals surface area contributed by atoms with Crippen LogP contribution >= 0.6 is 11.6 Å². The molecule has 2 aromatic carbocycles. The molecule has 1 saturated heterocycles. The Morgan fingerprint density at radius 1 is 1.28 bits per heavy atom. The summed E-state index contributed by atoms with van der Waals surface area (Å²) in [5, 5.41) is 0.432. The molecule has 0 aliphatic carbocycles. The van der Waals surface area contributed by atoms with Crippen LogP contribution in [0.5, 0.6) is 0 Å². The number of imidazole rings is 1. The first-order valence-corrected chi connectivity index (χ1v) is 8.66. The van der Waals surface area contributed by atoms with Crippen molar-refractivity contribution >= 4 is 22.6 Å². The number of hydrogen-bond donors (Lipinski definition) is 0. The third kappa shape index (κ3) is 3.54. The van der Waals surface area contributed by atoms with Gasteiger partial charge in [-0.25, -0.2) is 9.37 Å². The zero-order valence-electron chi connectivity index (χ0n) is 14.0. The van der Waals surface area contributed by atoms with Crippen LogP contribution in [0, 0.1) is 5.82 Å². The number of fused-ring (bicyclic) bond motifs is 1. The molecule has 130 valence electrons. The fraction of sp³-hybridized carbons (Fsp3) is 0.316. The Hall–Kier alpha value is -1.95. The Morgan fingerprint density at radius 2 is 2.16 bits per heavy atom. The van der Waals surface area contributed by atoms with Crippen LogP contribution < -0.4 is 0 Å².